The molecule has 0 radical (unpaired) electrons. The van der Waals surface area contributed by atoms with Crippen molar-refractivity contribution in [3.63, 3.8) is 0 Å². The fourth-order valence-corrected chi connectivity index (χ4v) is 4.28. The van der Waals surface area contributed by atoms with Crippen LogP contribution in [0.25, 0.3) is 0 Å². The summed E-state index contributed by atoms with van der Waals surface area (Å²) in [5, 5.41) is 4.54. The van der Waals surface area contributed by atoms with Crippen LogP contribution in [0.3, 0.4) is 0 Å². The standard InChI is InChI=1S/C15H30N6O3S/c1-6-20-14(16-21(15(20)22)11-10-17(2)3)13-8-7-9-19(12-13)25(23,24)18(4)5/h13H,6-12H2,1-5H3/t13-/m0/s1. The summed E-state index contributed by atoms with van der Waals surface area (Å²) in [6.07, 6.45) is 1.60. The Balaban J connectivity index is 2.28. The first-order chi connectivity index (χ1) is 11.7. The molecule has 0 aliphatic carbocycles. The molecule has 1 aromatic heterocycles. The molecule has 1 aliphatic heterocycles. The van der Waals surface area contributed by atoms with Gasteiger partial charge < -0.3 is 4.90 Å². The van der Waals surface area contributed by atoms with E-state index < -0.39 is 10.2 Å². The van der Waals surface area contributed by atoms with Crippen LogP contribution in [-0.4, -0.2) is 84.1 Å². The monoisotopic (exact) mass is 374 g/mol. The molecule has 2 heterocycles. The lowest BCUT2D eigenvalue weighted by Crippen LogP contribution is -2.45. The van der Waals surface area contributed by atoms with E-state index in [0.717, 1.165) is 19.4 Å². The van der Waals surface area contributed by atoms with Crippen molar-refractivity contribution < 1.29 is 8.42 Å². The zero-order valence-corrected chi connectivity index (χ0v) is 16.7. The highest BCUT2D eigenvalue weighted by Gasteiger charge is 2.33. The zero-order chi connectivity index (χ0) is 18.8. The maximum Gasteiger partial charge on any atom is 0.345 e. The summed E-state index contributed by atoms with van der Waals surface area (Å²) >= 11 is 0. The Morgan fingerprint density at radius 2 is 1.92 bits per heavy atom. The van der Waals surface area contributed by atoms with Gasteiger partial charge in [-0.25, -0.2) is 9.48 Å². The normalized spacial score (nSPS) is 19.9. The molecular formula is C15H30N6O3S. The third kappa shape index (κ3) is 4.30. The SMILES string of the molecule is CCn1c([C@H]2CCCN(S(=O)(=O)N(C)C)C2)nn(CCN(C)C)c1=O. The molecule has 25 heavy (non-hydrogen) atoms. The maximum absolute atomic E-state index is 12.6. The Morgan fingerprint density at radius 3 is 2.48 bits per heavy atom. The van der Waals surface area contributed by atoms with E-state index in [4.69, 9.17) is 0 Å². The first-order valence-electron chi connectivity index (χ1n) is 8.68. The maximum atomic E-state index is 12.6. The Labute approximate surface area is 150 Å². The number of hydrogen-bond donors (Lipinski definition) is 0. The highest BCUT2D eigenvalue weighted by molar-refractivity contribution is 7.86. The summed E-state index contributed by atoms with van der Waals surface area (Å²) < 4.78 is 30.7. The van der Waals surface area contributed by atoms with Crippen molar-refractivity contribution in [1.82, 2.24) is 27.9 Å². The molecule has 0 bridgehead atoms. The van der Waals surface area contributed by atoms with Gasteiger partial charge in [-0.15, -0.1) is 0 Å². The van der Waals surface area contributed by atoms with E-state index >= 15 is 0 Å². The minimum absolute atomic E-state index is 0.0586. The minimum atomic E-state index is -3.45. The molecule has 0 N–H and O–H groups in total. The summed E-state index contributed by atoms with van der Waals surface area (Å²) in [7, 11) is 3.53. The van der Waals surface area contributed by atoms with Crippen molar-refractivity contribution in [3.8, 4) is 0 Å². The molecule has 2 rings (SSSR count). The molecule has 1 aromatic rings. The highest BCUT2D eigenvalue weighted by Crippen LogP contribution is 2.27. The van der Waals surface area contributed by atoms with Gasteiger partial charge in [-0.05, 0) is 33.9 Å². The van der Waals surface area contributed by atoms with Crippen LogP contribution < -0.4 is 5.69 Å². The first-order valence-corrected chi connectivity index (χ1v) is 10.1. The minimum Gasteiger partial charge on any atom is -0.308 e. The van der Waals surface area contributed by atoms with E-state index in [1.54, 1.807) is 4.57 Å². The molecule has 10 heteroatoms. The van der Waals surface area contributed by atoms with E-state index in [-0.39, 0.29) is 11.6 Å². The number of rotatable bonds is 7. The van der Waals surface area contributed by atoms with E-state index in [9.17, 15) is 13.2 Å². The van der Waals surface area contributed by atoms with Gasteiger partial charge in [0.15, 0.2) is 0 Å². The van der Waals surface area contributed by atoms with Crippen LogP contribution in [0, 0.1) is 0 Å². The van der Waals surface area contributed by atoms with Gasteiger partial charge in [0.25, 0.3) is 10.2 Å². The number of hydrogen-bond acceptors (Lipinski definition) is 5. The van der Waals surface area contributed by atoms with Gasteiger partial charge >= 0.3 is 5.69 Å². The third-order valence-electron chi connectivity index (χ3n) is 4.56. The zero-order valence-electron chi connectivity index (χ0n) is 15.8. The highest BCUT2D eigenvalue weighted by atomic mass is 32.2. The summed E-state index contributed by atoms with van der Waals surface area (Å²) in [5.74, 6) is 0.640. The van der Waals surface area contributed by atoms with Crippen LogP contribution in [0.4, 0.5) is 0 Å². The topological polar surface area (TPSA) is 83.7 Å². The van der Waals surface area contributed by atoms with Gasteiger partial charge in [-0.2, -0.15) is 22.1 Å². The molecule has 0 aromatic carbocycles. The average Bonchev–Trinajstić information content (AvgIpc) is 2.88. The van der Waals surface area contributed by atoms with Crippen LogP contribution in [0.5, 0.6) is 0 Å². The molecule has 1 atom stereocenters. The van der Waals surface area contributed by atoms with E-state index in [1.165, 1.54) is 27.4 Å². The number of aromatic nitrogens is 3. The molecule has 1 aliphatic rings. The van der Waals surface area contributed by atoms with Gasteiger partial charge in [-0.1, -0.05) is 0 Å². The smallest absolute Gasteiger partial charge is 0.308 e. The number of piperidine rings is 1. The quantitative estimate of drug-likeness (QED) is 0.649. The summed E-state index contributed by atoms with van der Waals surface area (Å²) in [6, 6.07) is 0. The Morgan fingerprint density at radius 1 is 1.24 bits per heavy atom. The van der Waals surface area contributed by atoms with Crippen molar-refractivity contribution in [1.29, 1.82) is 0 Å². The average molecular weight is 375 g/mol. The van der Waals surface area contributed by atoms with E-state index in [2.05, 4.69) is 5.10 Å². The lowest BCUT2D eigenvalue weighted by molar-refractivity contribution is 0.288. The summed E-state index contributed by atoms with van der Waals surface area (Å²) in [6.45, 7) is 4.58. The Kier molecular flexibility index (Phi) is 6.41. The van der Waals surface area contributed by atoms with Crippen LogP contribution in [-0.2, 0) is 23.3 Å². The second-order valence-electron chi connectivity index (χ2n) is 6.90. The predicted octanol–water partition coefficient (Wildman–Crippen LogP) is -0.388. The summed E-state index contributed by atoms with van der Waals surface area (Å²) in [5.41, 5.74) is -0.119. The van der Waals surface area contributed by atoms with Crippen LogP contribution in [0.2, 0.25) is 0 Å². The van der Waals surface area contributed by atoms with Gasteiger partial charge in [-0.3, -0.25) is 4.57 Å². The second-order valence-corrected chi connectivity index (χ2v) is 9.04. The van der Waals surface area contributed by atoms with Crippen molar-refractivity contribution in [2.45, 2.75) is 38.8 Å². The van der Waals surface area contributed by atoms with Gasteiger partial charge in [0.2, 0.25) is 0 Å². The van der Waals surface area contributed by atoms with Crippen molar-refractivity contribution in [3.05, 3.63) is 16.3 Å². The molecule has 9 nitrogen and oxygen atoms in total. The van der Waals surface area contributed by atoms with E-state index in [0.29, 0.717) is 32.0 Å². The Hall–Kier alpha value is -1.23. The van der Waals surface area contributed by atoms with Crippen molar-refractivity contribution in [2.75, 3.05) is 47.8 Å². The van der Waals surface area contributed by atoms with Crippen molar-refractivity contribution in [2.24, 2.45) is 0 Å². The van der Waals surface area contributed by atoms with E-state index in [1.807, 2.05) is 25.9 Å². The molecule has 0 amide bonds. The van der Waals surface area contributed by atoms with Crippen LogP contribution >= 0.6 is 0 Å². The largest absolute Gasteiger partial charge is 0.345 e. The molecular weight excluding hydrogens is 344 g/mol. The molecule has 1 saturated heterocycles. The first kappa shape index (κ1) is 20.1. The lowest BCUT2D eigenvalue weighted by Gasteiger charge is -2.33. The number of likely N-dealkylation sites (N-methyl/N-ethyl adjacent to an activating group) is 1. The summed E-state index contributed by atoms with van der Waals surface area (Å²) in [4.78, 5) is 14.6. The van der Waals surface area contributed by atoms with Crippen LogP contribution in [0.15, 0.2) is 4.79 Å². The van der Waals surface area contributed by atoms with Crippen molar-refractivity contribution >= 4 is 10.2 Å². The van der Waals surface area contributed by atoms with Gasteiger partial charge in [0.05, 0.1) is 6.54 Å². The van der Waals surface area contributed by atoms with Crippen LogP contribution in [0.1, 0.15) is 31.5 Å². The molecule has 1 fully saturated rings. The predicted molar refractivity (Wildman–Crippen MR) is 96.9 cm³/mol. The third-order valence-corrected chi connectivity index (χ3v) is 6.47. The molecule has 0 saturated carbocycles. The fourth-order valence-electron chi connectivity index (χ4n) is 3.09. The fraction of sp³-hybridized carbons (Fsp3) is 0.867. The molecule has 0 unspecified atom stereocenters. The van der Waals surface area contributed by atoms with Gasteiger partial charge in [0.1, 0.15) is 5.82 Å². The number of nitrogens with zero attached hydrogens (tertiary/aromatic N) is 6. The Bertz CT molecular complexity index is 737. The molecule has 144 valence electrons. The van der Waals surface area contributed by atoms with Gasteiger partial charge in [0, 0.05) is 46.2 Å². The lowest BCUT2D eigenvalue weighted by atomic mass is 9.99. The second kappa shape index (κ2) is 7.98. The molecule has 0 spiro atoms.